The molecule has 0 aromatic carbocycles. The van der Waals surface area contributed by atoms with E-state index in [0.29, 0.717) is 6.54 Å². The molecule has 5 nitrogen and oxygen atoms in total. The molecule has 106 valence electrons. The Balaban J connectivity index is 1.88. The maximum absolute atomic E-state index is 12.1. The van der Waals surface area contributed by atoms with Gasteiger partial charge in [0.25, 0.3) is 0 Å². The maximum Gasteiger partial charge on any atom is 0.235 e. The van der Waals surface area contributed by atoms with E-state index < -0.39 is 5.54 Å². The van der Waals surface area contributed by atoms with Crippen LogP contribution in [0, 0.1) is 11.3 Å². The number of nitrogens with one attached hydrogen (secondary N) is 1. The maximum atomic E-state index is 12.1. The van der Waals surface area contributed by atoms with Crippen molar-refractivity contribution in [2.75, 3.05) is 19.7 Å². The largest absolute Gasteiger partial charge is 0.395 e. The Bertz CT molecular complexity index is 358. The molecule has 1 saturated carbocycles. The van der Waals surface area contributed by atoms with Gasteiger partial charge in [0, 0.05) is 6.04 Å². The Hall–Kier alpha value is -1.12. The molecule has 5 heteroatoms. The SMILES string of the molecule is N#CC1(NC(=O)CN2CCC[C@H]2CO)CCCCC1. The first-order valence-electron chi connectivity index (χ1n) is 7.26. The molecule has 0 spiro atoms. The number of amides is 1. The summed E-state index contributed by atoms with van der Waals surface area (Å²) in [5, 5.41) is 21.5. The van der Waals surface area contributed by atoms with Gasteiger partial charge in [-0.3, -0.25) is 9.69 Å². The van der Waals surface area contributed by atoms with Gasteiger partial charge in [0.05, 0.1) is 19.2 Å². The third kappa shape index (κ3) is 3.46. The Morgan fingerprint density at radius 1 is 1.37 bits per heavy atom. The molecule has 2 aliphatic rings. The molecule has 1 heterocycles. The summed E-state index contributed by atoms with van der Waals surface area (Å²) in [6.07, 6.45) is 6.68. The van der Waals surface area contributed by atoms with Crippen molar-refractivity contribution < 1.29 is 9.90 Å². The number of aliphatic hydroxyl groups excluding tert-OH is 1. The fourth-order valence-corrected chi connectivity index (χ4v) is 3.22. The van der Waals surface area contributed by atoms with Crippen LogP contribution in [0.5, 0.6) is 0 Å². The number of aliphatic hydroxyl groups is 1. The zero-order valence-electron chi connectivity index (χ0n) is 11.4. The van der Waals surface area contributed by atoms with Gasteiger partial charge in [-0.25, -0.2) is 0 Å². The van der Waals surface area contributed by atoms with Gasteiger partial charge in [-0.1, -0.05) is 19.3 Å². The summed E-state index contributed by atoms with van der Waals surface area (Å²) in [6, 6.07) is 2.41. The number of hydrogen-bond acceptors (Lipinski definition) is 4. The summed E-state index contributed by atoms with van der Waals surface area (Å²) >= 11 is 0. The molecule has 0 radical (unpaired) electrons. The number of likely N-dealkylation sites (tertiary alicyclic amines) is 1. The highest BCUT2D eigenvalue weighted by Gasteiger charge is 2.34. The topological polar surface area (TPSA) is 76.4 Å². The molecule has 1 aliphatic heterocycles. The number of hydrogen-bond donors (Lipinski definition) is 2. The first-order valence-corrected chi connectivity index (χ1v) is 7.26. The van der Waals surface area contributed by atoms with Gasteiger partial charge in [-0.05, 0) is 32.2 Å². The quantitative estimate of drug-likeness (QED) is 0.788. The minimum atomic E-state index is -0.649. The van der Waals surface area contributed by atoms with Crippen molar-refractivity contribution in [1.82, 2.24) is 10.2 Å². The van der Waals surface area contributed by atoms with Gasteiger partial charge in [0.1, 0.15) is 5.54 Å². The van der Waals surface area contributed by atoms with Crippen LogP contribution in [0.15, 0.2) is 0 Å². The number of carbonyl (C=O) groups is 1. The average Bonchev–Trinajstić information content (AvgIpc) is 2.86. The van der Waals surface area contributed by atoms with Gasteiger partial charge in [0.15, 0.2) is 0 Å². The van der Waals surface area contributed by atoms with E-state index in [-0.39, 0.29) is 18.6 Å². The van der Waals surface area contributed by atoms with Crippen molar-refractivity contribution in [2.24, 2.45) is 0 Å². The lowest BCUT2D eigenvalue weighted by Crippen LogP contribution is -2.52. The normalized spacial score (nSPS) is 26.8. The molecule has 1 aliphatic carbocycles. The molecule has 0 aromatic rings. The smallest absolute Gasteiger partial charge is 0.235 e. The molecule has 0 unspecified atom stereocenters. The Labute approximate surface area is 114 Å². The van der Waals surface area contributed by atoms with E-state index in [0.717, 1.165) is 51.5 Å². The summed E-state index contributed by atoms with van der Waals surface area (Å²) in [6.45, 7) is 1.27. The van der Waals surface area contributed by atoms with Crippen molar-refractivity contribution in [1.29, 1.82) is 5.26 Å². The van der Waals surface area contributed by atoms with Crippen molar-refractivity contribution >= 4 is 5.91 Å². The zero-order valence-corrected chi connectivity index (χ0v) is 11.4. The van der Waals surface area contributed by atoms with Crippen LogP contribution in [-0.2, 0) is 4.79 Å². The predicted molar refractivity (Wildman–Crippen MR) is 71.3 cm³/mol. The summed E-state index contributed by atoms with van der Waals surface area (Å²) in [5.74, 6) is -0.0798. The average molecular weight is 265 g/mol. The van der Waals surface area contributed by atoms with Crippen molar-refractivity contribution in [3.63, 3.8) is 0 Å². The molecule has 2 rings (SSSR count). The predicted octanol–water partition coefficient (Wildman–Crippen LogP) is 0.786. The van der Waals surface area contributed by atoms with Gasteiger partial charge in [-0.2, -0.15) is 5.26 Å². The summed E-state index contributed by atoms with van der Waals surface area (Å²) in [4.78, 5) is 14.1. The number of carbonyl (C=O) groups excluding carboxylic acids is 1. The first-order chi connectivity index (χ1) is 9.19. The van der Waals surface area contributed by atoms with E-state index in [1.165, 1.54) is 0 Å². The molecule has 1 amide bonds. The minimum absolute atomic E-state index is 0.0798. The first kappa shape index (κ1) is 14.3. The molecule has 2 N–H and O–H groups in total. The second kappa shape index (κ2) is 6.36. The van der Waals surface area contributed by atoms with E-state index in [9.17, 15) is 15.2 Å². The van der Waals surface area contributed by atoms with Crippen LogP contribution in [0.25, 0.3) is 0 Å². The molecule has 19 heavy (non-hydrogen) atoms. The fraction of sp³-hybridized carbons (Fsp3) is 0.857. The fourth-order valence-electron chi connectivity index (χ4n) is 3.22. The van der Waals surface area contributed by atoms with Crippen LogP contribution >= 0.6 is 0 Å². The summed E-state index contributed by atoms with van der Waals surface area (Å²) in [7, 11) is 0. The van der Waals surface area contributed by atoms with E-state index in [1.54, 1.807) is 0 Å². The molecule has 1 saturated heterocycles. The molecule has 0 aromatic heterocycles. The Morgan fingerprint density at radius 2 is 2.11 bits per heavy atom. The van der Waals surface area contributed by atoms with Crippen molar-refractivity contribution in [2.45, 2.75) is 56.5 Å². The van der Waals surface area contributed by atoms with Crippen LogP contribution in [0.2, 0.25) is 0 Å². The van der Waals surface area contributed by atoms with Crippen molar-refractivity contribution in [3.8, 4) is 6.07 Å². The number of rotatable bonds is 4. The third-order valence-electron chi connectivity index (χ3n) is 4.36. The molecule has 1 atom stereocenters. The minimum Gasteiger partial charge on any atom is -0.395 e. The number of nitriles is 1. The van der Waals surface area contributed by atoms with Gasteiger partial charge in [-0.15, -0.1) is 0 Å². The number of nitrogens with zero attached hydrogens (tertiary/aromatic N) is 2. The van der Waals surface area contributed by atoms with Crippen LogP contribution in [0.3, 0.4) is 0 Å². The van der Waals surface area contributed by atoms with E-state index in [1.807, 2.05) is 4.90 Å². The highest BCUT2D eigenvalue weighted by Crippen LogP contribution is 2.27. The second-order valence-electron chi connectivity index (χ2n) is 5.75. The van der Waals surface area contributed by atoms with Crippen LogP contribution in [0.1, 0.15) is 44.9 Å². The summed E-state index contributed by atoms with van der Waals surface area (Å²) < 4.78 is 0. The Morgan fingerprint density at radius 3 is 2.74 bits per heavy atom. The second-order valence-corrected chi connectivity index (χ2v) is 5.75. The molecular weight excluding hydrogens is 242 g/mol. The van der Waals surface area contributed by atoms with Crippen LogP contribution in [-0.4, -0.2) is 47.2 Å². The van der Waals surface area contributed by atoms with Gasteiger partial charge >= 0.3 is 0 Å². The van der Waals surface area contributed by atoms with Crippen molar-refractivity contribution in [3.05, 3.63) is 0 Å². The lowest BCUT2D eigenvalue weighted by Gasteiger charge is -2.32. The lowest BCUT2D eigenvalue weighted by atomic mass is 9.83. The van der Waals surface area contributed by atoms with Gasteiger partial charge in [0.2, 0.25) is 5.91 Å². The van der Waals surface area contributed by atoms with E-state index >= 15 is 0 Å². The van der Waals surface area contributed by atoms with Gasteiger partial charge < -0.3 is 10.4 Å². The monoisotopic (exact) mass is 265 g/mol. The third-order valence-corrected chi connectivity index (χ3v) is 4.36. The summed E-state index contributed by atoms with van der Waals surface area (Å²) in [5.41, 5.74) is -0.649. The van der Waals surface area contributed by atoms with E-state index in [2.05, 4.69) is 11.4 Å². The van der Waals surface area contributed by atoms with Crippen LogP contribution < -0.4 is 5.32 Å². The standard InChI is InChI=1S/C14H23N3O2/c15-11-14(6-2-1-3-7-14)16-13(19)9-17-8-4-5-12(17)10-18/h12,18H,1-10H2,(H,16,19)/t12-/m0/s1. The molecule has 0 bridgehead atoms. The highest BCUT2D eigenvalue weighted by molar-refractivity contribution is 5.79. The van der Waals surface area contributed by atoms with Crippen LogP contribution in [0.4, 0.5) is 0 Å². The highest BCUT2D eigenvalue weighted by atomic mass is 16.3. The van der Waals surface area contributed by atoms with E-state index in [4.69, 9.17) is 0 Å². The molecule has 2 fully saturated rings. The lowest BCUT2D eigenvalue weighted by molar-refractivity contribution is -0.124. The Kier molecular flexibility index (Phi) is 4.78. The zero-order chi connectivity index (χ0) is 13.7. The molecular formula is C14H23N3O2.